The first kappa shape index (κ1) is 33.0. The molecule has 236 valence electrons. The number of alkyl halides is 6. The Hall–Kier alpha value is -4.94. The zero-order valence-electron chi connectivity index (χ0n) is 24.0. The molecular formula is C32H27F6N3O4. The van der Waals surface area contributed by atoms with Crippen LogP contribution in [-0.2, 0) is 23.6 Å². The number of halogens is 6. The Labute approximate surface area is 253 Å². The molecule has 45 heavy (non-hydrogen) atoms. The van der Waals surface area contributed by atoms with E-state index in [1.807, 2.05) is 36.4 Å². The quantitative estimate of drug-likeness (QED) is 0.115. The highest BCUT2D eigenvalue weighted by Gasteiger charge is 2.38. The maximum Gasteiger partial charge on any atom is 0.416 e. The number of amides is 2. The van der Waals surface area contributed by atoms with Crippen LogP contribution in [0.2, 0.25) is 0 Å². The molecule has 0 fully saturated rings. The van der Waals surface area contributed by atoms with E-state index in [0.29, 0.717) is 17.7 Å². The number of fused-ring (bicyclic) bond motifs is 1. The third kappa shape index (κ3) is 7.97. The average molecular weight is 632 g/mol. The van der Waals surface area contributed by atoms with E-state index in [-0.39, 0.29) is 42.3 Å². The van der Waals surface area contributed by atoms with Crippen LogP contribution in [0, 0.1) is 17.0 Å². The molecular weight excluding hydrogens is 604 g/mol. The van der Waals surface area contributed by atoms with Gasteiger partial charge >= 0.3 is 12.4 Å². The number of nitrogens with one attached hydrogen (secondary N) is 1. The number of hydrogen-bond donors (Lipinski definition) is 1. The number of nitrogens with zero attached hydrogens (tertiary/aromatic N) is 2. The van der Waals surface area contributed by atoms with Gasteiger partial charge < -0.3 is 10.2 Å². The molecule has 13 heteroatoms. The van der Waals surface area contributed by atoms with E-state index in [2.05, 4.69) is 5.32 Å². The number of nitro groups is 1. The molecule has 2 amide bonds. The molecule has 0 saturated heterocycles. The molecule has 0 bridgehead atoms. The van der Waals surface area contributed by atoms with E-state index in [9.17, 15) is 46.0 Å². The van der Waals surface area contributed by atoms with Crippen LogP contribution >= 0.6 is 0 Å². The van der Waals surface area contributed by atoms with Crippen molar-refractivity contribution < 1.29 is 40.9 Å². The molecule has 4 aromatic carbocycles. The predicted octanol–water partition coefficient (Wildman–Crippen LogP) is 8.20. The van der Waals surface area contributed by atoms with Crippen LogP contribution in [-0.4, -0.2) is 34.7 Å². The fraction of sp³-hybridized carbons (Fsp3) is 0.250. The lowest BCUT2D eigenvalue weighted by Crippen LogP contribution is -2.39. The first-order valence-electron chi connectivity index (χ1n) is 13.6. The summed E-state index contributed by atoms with van der Waals surface area (Å²) < 4.78 is 80.9. The Morgan fingerprint density at radius 1 is 0.867 bits per heavy atom. The molecule has 0 saturated carbocycles. The van der Waals surface area contributed by atoms with Gasteiger partial charge in [-0.05, 0) is 60.4 Å². The van der Waals surface area contributed by atoms with Crippen LogP contribution in [0.3, 0.4) is 0 Å². The zero-order valence-corrected chi connectivity index (χ0v) is 24.0. The van der Waals surface area contributed by atoms with Gasteiger partial charge in [0, 0.05) is 31.1 Å². The summed E-state index contributed by atoms with van der Waals surface area (Å²) in [5.74, 6) is -1.64. The fourth-order valence-corrected chi connectivity index (χ4v) is 4.99. The predicted molar refractivity (Wildman–Crippen MR) is 156 cm³/mol. The van der Waals surface area contributed by atoms with Crippen molar-refractivity contribution in [2.45, 2.75) is 44.6 Å². The number of carbonyl (C=O) groups is 2. The SMILES string of the molecule is Cc1c(NC(=O)CCC(Cc2ccc3ccccc3c2)N(C)C(=O)c2cc(C(F)(F)F)cc(C(F)(F)F)c2)cccc1[N+](=O)[O-]. The molecule has 0 aliphatic rings. The second kappa shape index (κ2) is 13.0. The number of benzene rings is 4. The Bertz CT molecular complexity index is 1720. The molecule has 1 unspecified atom stereocenters. The molecule has 1 atom stereocenters. The van der Waals surface area contributed by atoms with Crippen molar-refractivity contribution in [2.75, 3.05) is 12.4 Å². The highest BCUT2D eigenvalue weighted by molar-refractivity contribution is 5.95. The summed E-state index contributed by atoms with van der Waals surface area (Å²) in [6.45, 7) is 1.47. The van der Waals surface area contributed by atoms with Crippen LogP contribution in [0.5, 0.6) is 0 Å². The maximum atomic E-state index is 13.5. The molecule has 0 radical (unpaired) electrons. The van der Waals surface area contributed by atoms with Crippen molar-refractivity contribution in [1.82, 2.24) is 4.90 Å². The van der Waals surface area contributed by atoms with Gasteiger partial charge in [0.15, 0.2) is 0 Å². The second-order valence-corrected chi connectivity index (χ2v) is 10.5. The van der Waals surface area contributed by atoms with Crippen LogP contribution in [0.25, 0.3) is 10.8 Å². The van der Waals surface area contributed by atoms with Crippen LogP contribution in [0.4, 0.5) is 37.7 Å². The molecule has 0 aromatic heterocycles. The van der Waals surface area contributed by atoms with Gasteiger partial charge in [-0.1, -0.05) is 48.5 Å². The minimum atomic E-state index is -5.14. The molecule has 0 spiro atoms. The number of carbonyl (C=O) groups excluding carboxylic acids is 2. The average Bonchev–Trinajstić information content (AvgIpc) is 2.98. The smallest absolute Gasteiger partial charge is 0.338 e. The van der Waals surface area contributed by atoms with Crippen molar-refractivity contribution in [1.29, 1.82) is 0 Å². The Morgan fingerprint density at radius 3 is 2.09 bits per heavy atom. The molecule has 0 aliphatic carbocycles. The van der Waals surface area contributed by atoms with Gasteiger partial charge in [-0.2, -0.15) is 26.3 Å². The lowest BCUT2D eigenvalue weighted by atomic mass is 9.96. The summed E-state index contributed by atoms with van der Waals surface area (Å²) in [5.41, 5.74) is -3.10. The Morgan fingerprint density at radius 2 is 1.49 bits per heavy atom. The second-order valence-electron chi connectivity index (χ2n) is 10.5. The van der Waals surface area contributed by atoms with Gasteiger partial charge in [0.2, 0.25) is 5.91 Å². The highest BCUT2D eigenvalue weighted by atomic mass is 19.4. The number of likely N-dealkylation sites (N-methyl/N-ethyl adjacent to an activating group) is 1. The third-order valence-electron chi connectivity index (χ3n) is 7.47. The minimum Gasteiger partial charge on any atom is -0.338 e. The van der Waals surface area contributed by atoms with Gasteiger partial charge in [0.05, 0.1) is 27.3 Å². The van der Waals surface area contributed by atoms with Gasteiger partial charge in [0.1, 0.15) is 0 Å². The molecule has 7 nitrogen and oxygen atoms in total. The topological polar surface area (TPSA) is 92.6 Å². The van der Waals surface area contributed by atoms with E-state index in [4.69, 9.17) is 0 Å². The first-order chi connectivity index (χ1) is 21.0. The van der Waals surface area contributed by atoms with Gasteiger partial charge in [-0.3, -0.25) is 19.7 Å². The largest absolute Gasteiger partial charge is 0.416 e. The molecule has 4 aromatic rings. The standard InChI is InChI=1S/C32H27F6N3O4/c1-19-27(8-5-9-28(19)41(44)45)39-29(42)13-12-26(15-20-10-11-21-6-3-4-7-22(21)14-20)40(2)30(43)23-16-24(31(33,34)35)18-25(17-23)32(36,37)38/h3-11,14,16-18,26H,12-13,15H2,1-2H3,(H,39,42). The van der Waals surface area contributed by atoms with Crippen molar-refractivity contribution >= 4 is 34.0 Å². The molecule has 1 N–H and O–H groups in total. The summed E-state index contributed by atoms with van der Waals surface area (Å²) in [6, 6.07) is 16.9. The maximum absolute atomic E-state index is 13.5. The van der Waals surface area contributed by atoms with Crippen LogP contribution in [0.1, 0.15) is 45.5 Å². The van der Waals surface area contributed by atoms with Gasteiger partial charge in [0.25, 0.3) is 11.6 Å². The van der Waals surface area contributed by atoms with Crippen LogP contribution in [0.15, 0.2) is 78.9 Å². The molecule has 4 rings (SSSR count). The number of anilines is 1. The highest BCUT2D eigenvalue weighted by Crippen LogP contribution is 2.37. The Kier molecular flexibility index (Phi) is 9.50. The first-order valence-corrected chi connectivity index (χ1v) is 13.6. The van der Waals surface area contributed by atoms with E-state index in [1.165, 1.54) is 32.2 Å². The lowest BCUT2D eigenvalue weighted by molar-refractivity contribution is -0.385. The van der Waals surface area contributed by atoms with Crippen molar-refractivity contribution in [3.63, 3.8) is 0 Å². The van der Waals surface area contributed by atoms with Crippen molar-refractivity contribution in [3.05, 3.63) is 117 Å². The van der Waals surface area contributed by atoms with E-state index in [0.717, 1.165) is 15.7 Å². The van der Waals surface area contributed by atoms with E-state index < -0.39 is 51.8 Å². The number of nitro benzene ring substituents is 1. The lowest BCUT2D eigenvalue weighted by Gasteiger charge is -2.29. The van der Waals surface area contributed by atoms with Gasteiger partial charge in [-0.25, -0.2) is 0 Å². The monoisotopic (exact) mass is 631 g/mol. The summed E-state index contributed by atoms with van der Waals surface area (Å²) in [5, 5.41) is 15.7. The van der Waals surface area contributed by atoms with Crippen molar-refractivity contribution in [2.24, 2.45) is 0 Å². The molecule has 0 aliphatic heterocycles. The Balaban J connectivity index is 1.64. The molecule has 0 heterocycles. The summed E-state index contributed by atoms with van der Waals surface area (Å²) in [7, 11) is 1.25. The normalized spacial score (nSPS) is 12.5. The van der Waals surface area contributed by atoms with Gasteiger partial charge in [-0.15, -0.1) is 0 Å². The number of hydrogen-bond acceptors (Lipinski definition) is 4. The van der Waals surface area contributed by atoms with E-state index >= 15 is 0 Å². The summed E-state index contributed by atoms with van der Waals surface area (Å²) in [4.78, 5) is 38.1. The zero-order chi connectivity index (χ0) is 33.1. The van der Waals surface area contributed by atoms with Crippen molar-refractivity contribution in [3.8, 4) is 0 Å². The number of rotatable bonds is 9. The third-order valence-corrected chi connectivity index (χ3v) is 7.47. The van der Waals surface area contributed by atoms with E-state index in [1.54, 1.807) is 6.07 Å². The fourth-order valence-electron chi connectivity index (χ4n) is 4.99. The summed E-state index contributed by atoms with van der Waals surface area (Å²) >= 11 is 0. The minimum absolute atomic E-state index is 0.0278. The summed E-state index contributed by atoms with van der Waals surface area (Å²) in [6.07, 6.45) is -10.4. The van der Waals surface area contributed by atoms with Crippen LogP contribution < -0.4 is 5.32 Å².